The lowest BCUT2D eigenvalue weighted by molar-refractivity contribution is 0.0992. The van der Waals surface area contributed by atoms with E-state index in [2.05, 4.69) is 15.9 Å². The molecule has 17 heavy (non-hydrogen) atoms. The number of carbonyl (C=O) groups is 1. The molecule has 4 heteroatoms. The van der Waals surface area contributed by atoms with E-state index < -0.39 is 0 Å². The van der Waals surface area contributed by atoms with Crippen LogP contribution in [0, 0.1) is 12.7 Å². The molecule has 0 spiro atoms. The Kier molecular flexibility index (Phi) is 3.74. The molecule has 0 aliphatic carbocycles. The lowest BCUT2D eigenvalue weighted by Gasteiger charge is -2.04. The number of benzene rings is 1. The molecule has 2 aromatic rings. The van der Waals surface area contributed by atoms with E-state index in [0.29, 0.717) is 10.0 Å². The van der Waals surface area contributed by atoms with Crippen LogP contribution in [0.25, 0.3) is 0 Å². The highest BCUT2D eigenvalue weighted by molar-refractivity contribution is 9.10. The predicted molar refractivity (Wildman–Crippen MR) is 71.2 cm³/mol. The molecule has 0 saturated carbocycles. The Labute approximate surface area is 111 Å². The first-order valence-corrected chi connectivity index (χ1v) is 6.82. The summed E-state index contributed by atoms with van der Waals surface area (Å²) in [5.74, 6) is -0.313. The second kappa shape index (κ2) is 5.10. The van der Waals surface area contributed by atoms with Crippen LogP contribution in [-0.2, 0) is 6.42 Å². The molecule has 88 valence electrons. The lowest BCUT2D eigenvalue weighted by atomic mass is 10.0. The quantitative estimate of drug-likeness (QED) is 0.768. The third-order valence-corrected chi connectivity index (χ3v) is 4.29. The van der Waals surface area contributed by atoms with E-state index in [1.807, 2.05) is 17.7 Å². The molecule has 0 unspecified atom stereocenters. The van der Waals surface area contributed by atoms with Gasteiger partial charge in [0.25, 0.3) is 0 Å². The maximum absolute atomic E-state index is 13.3. The van der Waals surface area contributed by atoms with Crippen molar-refractivity contribution in [2.24, 2.45) is 0 Å². The van der Waals surface area contributed by atoms with Crippen molar-refractivity contribution in [3.63, 3.8) is 0 Å². The van der Waals surface area contributed by atoms with Crippen LogP contribution in [0.2, 0.25) is 0 Å². The zero-order chi connectivity index (χ0) is 12.4. The van der Waals surface area contributed by atoms with Gasteiger partial charge in [-0.1, -0.05) is 12.1 Å². The lowest BCUT2D eigenvalue weighted by Crippen LogP contribution is -2.04. The van der Waals surface area contributed by atoms with Gasteiger partial charge in [-0.2, -0.15) is 11.3 Å². The van der Waals surface area contributed by atoms with Gasteiger partial charge in [0.1, 0.15) is 5.82 Å². The predicted octanol–water partition coefficient (Wildman–Crippen LogP) is 4.38. The van der Waals surface area contributed by atoms with Crippen molar-refractivity contribution < 1.29 is 9.18 Å². The number of hydrogen-bond acceptors (Lipinski definition) is 2. The fourth-order valence-electron chi connectivity index (χ4n) is 1.60. The Morgan fingerprint density at radius 1 is 1.41 bits per heavy atom. The second-order valence-electron chi connectivity index (χ2n) is 3.78. The Balaban J connectivity index is 2.25. The molecule has 0 amide bonds. The van der Waals surface area contributed by atoms with Crippen molar-refractivity contribution in [2.45, 2.75) is 13.3 Å². The summed E-state index contributed by atoms with van der Waals surface area (Å²) in [5.41, 5.74) is 2.39. The van der Waals surface area contributed by atoms with Crippen molar-refractivity contribution >= 4 is 33.0 Å². The zero-order valence-electron chi connectivity index (χ0n) is 9.17. The van der Waals surface area contributed by atoms with E-state index in [9.17, 15) is 9.18 Å². The molecule has 0 aliphatic heterocycles. The summed E-state index contributed by atoms with van der Waals surface area (Å²) in [7, 11) is 0. The summed E-state index contributed by atoms with van der Waals surface area (Å²) in [6.45, 7) is 1.91. The number of carbonyl (C=O) groups excluding carboxylic acids is 1. The van der Waals surface area contributed by atoms with Gasteiger partial charge in [0.05, 0.1) is 4.47 Å². The minimum Gasteiger partial charge on any atom is -0.294 e. The Morgan fingerprint density at radius 2 is 2.18 bits per heavy atom. The largest absolute Gasteiger partial charge is 0.294 e. The van der Waals surface area contributed by atoms with E-state index in [4.69, 9.17) is 0 Å². The van der Waals surface area contributed by atoms with Crippen molar-refractivity contribution in [3.05, 3.63) is 55.9 Å². The normalized spacial score (nSPS) is 10.5. The van der Waals surface area contributed by atoms with Crippen LogP contribution in [0.1, 0.15) is 21.5 Å². The Hall–Kier alpha value is -1.00. The van der Waals surface area contributed by atoms with Crippen molar-refractivity contribution in [1.82, 2.24) is 0 Å². The maximum Gasteiger partial charge on any atom is 0.168 e. The third kappa shape index (κ3) is 2.64. The monoisotopic (exact) mass is 312 g/mol. The molecule has 0 N–H and O–H groups in total. The first-order chi connectivity index (χ1) is 8.09. The average Bonchev–Trinajstić information content (AvgIpc) is 2.71. The molecule has 0 fully saturated rings. The summed E-state index contributed by atoms with van der Waals surface area (Å²) in [5, 5.41) is 3.78. The standard InChI is InChI=1S/C13H10BrFOS/c1-8-6-17-7-10(8)12(16)5-9-3-2-4-11(15)13(9)14/h2-4,6-7H,5H2,1H3. The number of halogens is 2. The highest BCUT2D eigenvalue weighted by atomic mass is 79.9. The van der Waals surface area contributed by atoms with E-state index in [1.165, 1.54) is 17.4 Å². The molecular weight excluding hydrogens is 303 g/mol. The van der Waals surface area contributed by atoms with Crippen LogP contribution >= 0.6 is 27.3 Å². The number of rotatable bonds is 3. The molecule has 1 heterocycles. The average molecular weight is 313 g/mol. The summed E-state index contributed by atoms with van der Waals surface area (Å²) in [6, 6.07) is 4.74. The van der Waals surface area contributed by atoms with E-state index in [1.54, 1.807) is 12.1 Å². The van der Waals surface area contributed by atoms with Crippen molar-refractivity contribution in [3.8, 4) is 0 Å². The molecule has 0 radical (unpaired) electrons. The highest BCUT2D eigenvalue weighted by Gasteiger charge is 2.13. The van der Waals surface area contributed by atoms with Gasteiger partial charge in [0.15, 0.2) is 5.78 Å². The third-order valence-electron chi connectivity index (χ3n) is 2.54. The van der Waals surface area contributed by atoms with E-state index in [-0.39, 0.29) is 18.0 Å². The fraction of sp³-hybridized carbons (Fsp3) is 0.154. The topological polar surface area (TPSA) is 17.1 Å². The molecule has 0 saturated heterocycles. The molecule has 1 nitrogen and oxygen atoms in total. The summed E-state index contributed by atoms with van der Waals surface area (Å²) in [4.78, 5) is 12.0. The van der Waals surface area contributed by atoms with Crippen molar-refractivity contribution in [2.75, 3.05) is 0 Å². The maximum atomic E-state index is 13.3. The summed E-state index contributed by atoms with van der Waals surface area (Å²) >= 11 is 4.67. The van der Waals surface area contributed by atoms with Crippen LogP contribution in [-0.4, -0.2) is 5.78 Å². The molecule has 2 rings (SSSR count). The van der Waals surface area contributed by atoms with Crippen LogP contribution in [0.5, 0.6) is 0 Å². The smallest absolute Gasteiger partial charge is 0.168 e. The number of Topliss-reactive ketones (excluding diaryl/α,β-unsaturated/α-hetero) is 1. The van der Waals surface area contributed by atoms with Gasteiger partial charge in [0, 0.05) is 17.4 Å². The molecular formula is C13H10BrFOS. The van der Waals surface area contributed by atoms with Gasteiger partial charge in [-0.25, -0.2) is 4.39 Å². The number of thiophene rings is 1. The molecule has 0 bridgehead atoms. The molecule has 0 aliphatic rings. The van der Waals surface area contributed by atoms with Crippen molar-refractivity contribution in [1.29, 1.82) is 0 Å². The van der Waals surface area contributed by atoms with Crippen LogP contribution in [0.4, 0.5) is 4.39 Å². The van der Waals surface area contributed by atoms with Crippen LogP contribution in [0.3, 0.4) is 0 Å². The zero-order valence-corrected chi connectivity index (χ0v) is 11.6. The summed E-state index contributed by atoms with van der Waals surface area (Å²) < 4.78 is 13.7. The van der Waals surface area contributed by atoms with E-state index in [0.717, 1.165) is 11.1 Å². The molecule has 1 aromatic carbocycles. The van der Waals surface area contributed by atoms with Gasteiger partial charge < -0.3 is 0 Å². The molecule has 0 atom stereocenters. The van der Waals surface area contributed by atoms with Gasteiger partial charge in [-0.15, -0.1) is 0 Å². The van der Waals surface area contributed by atoms with E-state index >= 15 is 0 Å². The minimum atomic E-state index is -0.336. The Morgan fingerprint density at radius 3 is 2.82 bits per heavy atom. The number of aryl methyl sites for hydroxylation is 1. The first kappa shape index (κ1) is 12.5. The van der Waals surface area contributed by atoms with Crippen LogP contribution < -0.4 is 0 Å². The van der Waals surface area contributed by atoms with Gasteiger partial charge in [-0.3, -0.25) is 4.79 Å². The van der Waals surface area contributed by atoms with Gasteiger partial charge >= 0.3 is 0 Å². The van der Waals surface area contributed by atoms with Gasteiger partial charge in [0.2, 0.25) is 0 Å². The van der Waals surface area contributed by atoms with Gasteiger partial charge in [-0.05, 0) is 45.4 Å². The second-order valence-corrected chi connectivity index (χ2v) is 5.32. The molecule has 1 aromatic heterocycles. The van der Waals surface area contributed by atoms with Crippen LogP contribution in [0.15, 0.2) is 33.4 Å². The minimum absolute atomic E-state index is 0.0232. The first-order valence-electron chi connectivity index (χ1n) is 5.08. The fourth-order valence-corrected chi connectivity index (χ4v) is 2.86. The summed E-state index contributed by atoms with van der Waals surface area (Å²) in [6.07, 6.45) is 0.218. The number of hydrogen-bond donors (Lipinski definition) is 0. The highest BCUT2D eigenvalue weighted by Crippen LogP contribution is 2.23. The Bertz CT molecular complexity index is 562. The SMILES string of the molecule is Cc1cscc1C(=O)Cc1cccc(F)c1Br. The number of ketones is 1.